The van der Waals surface area contributed by atoms with Gasteiger partial charge in [0.2, 0.25) is 0 Å². The second-order valence-corrected chi connectivity index (χ2v) is 3.68. The first-order valence-electron chi connectivity index (χ1n) is 5.45. The molecule has 0 heterocycles. The molecule has 0 amide bonds. The number of benzene rings is 1. The monoisotopic (exact) mass is 345 g/mol. The largest absolute Gasteiger partial charge is 1.00 e. The summed E-state index contributed by atoms with van der Waals surface area (Å²) in [5.74, 6) is -3.79. The van der Waals surface area contributed by atoms with Gasteiger partial charge in [-0.1, -0.05) is 12.1 Å². The van der Waals surface area contributed by atoms with E-state index in [4.69, 9.17) is 21.1 Å². The Hall–Kier alpha value is -0.610. The molecule has 8 nitrogen and oxygen atoms in total. The first kappa shape index (κ1) is 30.3. The molecule has 1 rings (SSSR count). The molecule has 1 aromatic rings. The van der Waals surface area contributed by atoms with Crippen LogP contribution in [-0.2, 0) is 9.59 Å². The molecular formula is C13H17NNa2O7. The number of carbonyl (C=O) groups is 3. The van der Waals surface area contributed by atoms with Crippen molar-refractivity contribution in [1.82, 2.24) is 0 Å². The molecule has 0 bridgehead atoms. The molecule has 0 aliphatic carbocycles. The Kier molecular flexibility index (Phi) is 21.4. The molecule has 1 aromatic carbocycles. The van der Waals surface area contributed by atoms with E-state index in [0.717, 1.165) is 0 Å². The molecule has 0 radical (unpaired) electrons. The van der Waals surface area contributed by atoms with E-state index in [1.54, 1.807) is 12.1 Å². The summed E-state index contributed by atoms with van der Waals surface area (Å²) in [6, 6.07) is 4.64. The second kappa shape index (κ2) is 16.3. The molecule has 0 saturated heterocycles. The van der Waals surface area contributed by atoms with Crippen molar-refractivity contribution in [2.75, 3.05) is 0 Å². The summed E-state index contributed by atoms with van der Waals surface area (Å²) in [6.07, 6.45) is -0.327. The molecular weight excluding hydrogens is 328 g/mol. The van der Waals surface area contributed by atoms with Crippen molar-refractivity contribution in [3.05, 3.63) is 37.3 Å². The first-order chi connectivity index (χ1) is 9.25. The zero-order chi connectivity index (χ0) is 15.7. The predicted molar refractivity (Wildman–Crippen MR) is 71.3 cm³/mol. The van der Waals surface area contributed by atoms with E-state index in [2.05, 4.69) is 0 Å². The molecule has 23 heavy (non-hydrogen) atoms. The fourth-order valence-corrected chi connectivity index (χ4v) is 1.05. The van der Waals surface area contributed by atoms with Gasteiger partial charge in [-0.05, 0) is 18.6 Å². The third-order valence-corrected chi connectivity index (χ3v) is 2.11. The fraction of sp³-hybridized carbons (Fsp3) is 0.231. The minimum atomic E-state index is -1.42. The van der Waals surface area contributed by atoms with Crippen molar-refractivity contribution in [1.29, 1.82) is 0 Å². The van der Waals surface area contributed by atoms with E-state index in [1.807, 2.05) is 0 Å². The van der Waals surface area contributed by atoms with E-state index in [1.165, 1.54) is 12.1 Å². The van der Waals surface area contributed by atoms with Crippen LogP contribution in [0.15, 0.2) is 24.3 Å². The number of aromatic hydroxyl groups is 1. The van der Waals surface area contributed by atoms with Gasteiger partial charge in [0.05, 0.1) is 5.97 Å². The third-order valence-electron chi connectivity index (χ3n) is 2.11. The standard InChI is InChI=1S/C7H6O3.C5H9NO4.CH3.2Na/c8-6-4-2-1-3-5(6)7(9)10;6-3(5(9)10)1-2-4(7)8;;;/h1-4,8H,(H,9,10);3H,1-2,6H2,(H,7,8)(H,9,10);1H3;;/q;;-1;2*+1/p-1/t;3-;;;/m.0.../s1. The van der Waals surface area contributed by atoms with Crippen LogP contribution in [0.2, 0.25) is 0 Å². The maximum Gasteiger partial charge on any atom is 1.00 e. The second-order valence-electron chi connectivity index (χ2n) is 3.68. The fourth-order valence-electron chi connectivity index (χ4n) is 1.05. The number of phenols is 1. The Bertz CT molecular complexity index is 497. The SMILES string of the molecule is N[C@@H](CCC(=O)O)C(=O)[O-].O=C(O)c1ccccc1O.[CH3-].[Na+].[Na+]. The number of aromatic carboxylic acids is 1. The summed E-state index contributed by atoms with van der Waals surface area (Å²) >= 11 is 0. The van der Waals surface area contributed by atoms with Crippen LogP contribution in [0.5, 0.6) is 5.75 Å². The maximum atomic E-state index is 10.3. The van der Waals surface area contributed by atoms with Crippen molar-refractivity contribution >= 4 is 17.9 Å². The van der Waals surface area contributed by atoms with Crippen molar-refractivity contribution in [3.63, 3.8) is 0 Å². The van der Waals surface area contributed by atoms with Crippen LogP contribution in [0.25, 0.3) is 0 Å². The molecule has 0 aliphatic heterocycles. The van der Waals surface area contributed by atoms with Crippen molar-refractivity contribution in [3.8, 4) is 5.75 Å². The van der Waals surface area contributed by atoms with E-state index in [-0.39, 0.29) is 90.7 Å². The summed E-state index contributed by atoms with van der Waals surface area (Å²) < 4.78 is 0. The number of carbonyl (C=O) groups excluding carboxylic acids is 1. The van der Waals surface area contributed by atoms with Gasteiger partial charge in [0.15, 0.2) is 0 Å². The molecule has 5 N–H and O–H groups in total. The van der Waals surface area contributed by atoms with E-state index >= 15 is 0 Å². The smallest absolute Gasteiger partial charge is 0.548 e. The normalized spacial score (nSPS) is 9.43. The number of hydrogen-bond acceptors (Lipinski definition) is 6. The number of rotatable bonds is 5. The van der Waals surface area contributed by atoms with Gasteiger partial charge in [-0.2, -0.15) is 0 Å². The van der Waals surface area contributed by atoms with E-state index < -0.39 is 23.9 Å². The molecule has 0 saturated carbocycles. The van der Waals surface area contributed by atoms with Crippen LogP contribution in [0.3, 0.4) is 0 Å². The summed E-state index contributed by atoms with van der Waals surface area (Å²) in [7, 11) is 0. The van der Waals surface area contributed by atoms with Crippen LogP contribution in [0.4, 0.5) is 0 Å². The number of hydrogen-bond donors (Lipinski definition) is 4. The summed E-state index contributed by atoms with van der Waals surface area (Å²) in [5.41, 5.74) is 4.87. The van der Waals surface area contributed by atoms with Crippen molar-refractivity contribution in [2.24, 2.45) is 5.73 Å². The van der Waals surface area contributed by atoms with Crippen molar-refractivity contribution < 1.29 is 93.9 Å². The Morgan fingerprint density at radius 3 is 1.91 bits per heavy atom. The third kappa shape index (κ3) is 14.7. The zero-order valence-electron chi connectivity index (χ0n) is 13.4. The number of para-hydroxylation sites is 1. The molecule has 10 heteroatoms. The van der Waals surface area contributed by atoms with Crippen molar-refractivity contribution in [2.45, 2.75) is 18.9 Å². The van der Waals surface area contributed by atoms with Gasteiger partial charge in [0, 0.05) is 12.5 Å². The molecule has 0 aliphatic rings. The van der Waals surface area contributed by atoms with Crippen LogP contribution >= 0.6 is 0 Å². The van der Waals surface area contributed by atoms with Gasteiger partial charge < -0.3 is 38.4 Å². The molecule has 1 atom stereocenters. The van der Waals surface area contributed by atoms with Crippen LogP contribution in [0, 0.1) is 7.43 Å². The van der Waals surface area contributed by atoms with Crippen LogP contribution in [0.1, 0.15) is 23.2 Å². The Morgan fingerprint density at radius 1 is 1.13 bits per heavy atom. The predicted octanol–water partition coefficient (Wildman–Crippen LogP) is -6.52. The van der Waals surface area contributed by atoms with Crippen LogP contribution < -0.4 is 70.0 Å². The quantitative estimate of drug-likeness (QED) is 0.302. The number of carboxylic acids is 3. The van der Waals surface area contributed by atoms with Gasteiger partial charge in [-0.25, -0.2) is 4.79 Å². The number of nitrogens with two attached hydrogens (primary N) is 1. The number of carboxylic acid groups (broad SMARTS) is 3. The Labute approximate surface area is 178 Å². The Morgan fingerprint density at radius 2 is 1.61 bits per heavy atom. The van der Waals surface area contributed by atoms with E-state index in [9.17, 15) is 19.5 Å². The summed E-state index contributed by atoms with van der Waals surface area (Å²) in [6.45, 7) is 0. The molecule has 0 aromatic heterocycles. The van der Waals surface area contributed by atoms with Crippen LogP contribution in [-0.4, -0.2) is 39.3 Å². The Balaban J connectivity index is -0.000000139. The summed E-state index contributed by atoms with van der Waals surface area (Å²) in [4.78, 5) is 30.0. The molecule has 118 valence electrons. The average Bonchev–Trinajstić information content (AvgIpc) is 2.36. The maximum absolute atomic E-state index is 10.3. The van der Waals surface area contributed by atoms with Gasteiger partial charge in [-0.3, -0.25) is 4.79 Å². The molecule has 0 fully saturated rings. The van der Waals surface area contributed by atoms with Gasteiger partial charge in [-0.15, -0.1) is 0 Å². The van der Waals surface area contributed by atoms with Gasteiger partial charge in [0.1, 0.15) is 11.3 Å². The minimum absolute atomic E-state index is 0. The molecule has 0 unspecified atom stereocenters. The number of aliphatic carboxylic acids is 2. The van der Waals surface area contributed by atoms with Gasteiger partial charge >= 0.3 is 71.1 Å². The zero-order valence-corrected chi connectivity index (χ0v) is 17.4. The average molecular weight is 345 g/mol. The van der Waals surface area contributed by atoms with Gasteiger partial charge in [0.25, 0.3) is 0 Å². The minimum Gasteiger partial charge on any atom is -0.548 e. The van der Waals surface area contributed by atoms with E-state index in [0.29, 0.717) is 0 Å². The first-order valence-corrected chi connectivity index (χ1v) is 5.45. The summed E-state index contributed by atoms with van der Waals surface area (Å²) in [5, 5.41) is 35.3. The molecule has 0 spiro atoms. The topological polar surface area (TPSA) is 161 Å².